The Kier molecular flexibility index (Phi) is 7.52. The zero-order valence-electron chi connectivity index (χ0n) is 19.8. The molecule has 2 heterocycles. The lowest BCUT2D eigenvalue weighted by atomic mass is 10.1. The summed E-state index contributed by atoms with van der Waals surface area (Å²) < 4.78 is 11.4. The number of piperazine rings is 1. The summed E-state index contributed by atoms with van der Waals surface area (Å²) in [6.45, 7) is 7.52. The van der Waals surface area contributed by atoms with Crippen molar-refractivity contribution in [2.45, 2.75) is 26.9 Å². The van der Waals surface area contributed by atoms with Gasteiger partial charge in [0.25, 0.3) is 5.91 Å². The second-order valence-electron chi connectivity index (χ2n) is 8.53. The van der Waals surface area contributed by atoms with Crippen molar-refractivity contribution in [3.63, 3.8) is 0 Å². The van der Waals surface area contributed by atoms with Crippen LogP contribution in [0, 0.1) is 13.8 Å². The van der Waals surface area contributed by atoms with Crippen molar-refractivity contribution in [3.05, 3.63) is 83.3 Å². The van der Waals surface area contributed by atoms with Crippen molar-refractivity contribution in [1.82, 2.24) is 10.2 Å². The highest BCUT2D eigenvalue weighted by atomic mass is 16.5. The summed E-state index contributed by atoms with van der Waals surface area (Å²) in [5, 5.41) is 2.77. The van der Waals surface area contributed by atoms with Crippen LogP contribution in [0.15, 0.2) is 65.1 Å². The normalized spacial score (nSPS) is 13.6. The van der Waals surface area contributed by atoms with Gasteiger partial charge >= 0.3 is 0 Å². The van der Waals surface area contributed by atoms with Crippen LogP contribution in [0.5, 0.6) is 5.75 Å². The van der Waals surface area contributed by atoms with E-state index in [1.54, 1.807) is 12.1 Å². The van der Waals surface area contributed by atoms with E-state index >= 15 is 0 Å². The number of rotatable bonds is 8. The molecule has 0 spiro atoms. The molecule has 0 saturated carbocycles. The molecule has 0 atom stereocenters. The summed E-state index contributed by atoms with van der Waals surface area (Å²) in [4.78, 5) is 29.1. The van der Waals surface area contributed by atoms with E-state index in [2.05, 4.69) is 28.4 Å². The van der Waals surface area contributed by atoms with Crippen LogP contribution in [0.1, 0.15) is 33.9 Å². The van der Waals surface area contributed by atoms with Crippen molar-refractivity contribution in [2.24, 2.45) is 0 Å². The Morgan fingerprint density at radius 1 is 0.971 bits per heavy atom. The van der Waals surface area contributed by atoms with Crippen LogP contribution >= 0.6 is 0 Å². The molecule has 4 rings (SSSR count). The number of para-hydroxylation sites is 1. The third kappa shape index (κ3) is 5.98. The minimum absolute atomic E-state index is 0.0509. The Bertz CT molecular complexity index is 1120. The molecule has 1 saturated heterocycles. The minimum Gasteiger partial charge on any atom is -0.485 e. The van der Waals surface area contributed by atoms with E-state index < -0.39 is 0 Å². The second-order valence-corrected chi connectivity index (χ2v) is 8.53. The number of benzene rings is 2. The van der Waals surface area contributed by atoms with Crippen LogP contribution in [-0.2, 0) is 11.4 Å². The molecule has 1 aliphatic rings. The van der Waals surface area contributed by atoms with Gasteiger partial charge in [-0.3, -0.25) is 9.59 Å². The maximum Gasteiger partial charge on any atom is 0.287 e. The van der Waals surface area contributed by atoms with Gasteiger partial charge in [0.1, 0.15) is 18.1 Å². The molecular weight excluding hydrogens is 430 g/mol. The average molecular weight is 462 g/mol. The molecule has 7 nitrogen and oxygen atoms in total. The van der Waals surface area contributed by atoms with Gasteiger partial charge in [0.05, 0.1) is 0 Å². The Balaban J connectivity index is 1.18. The number of nitrogens with one attached hydrogen (secondary N) is 1. The molecule has 0 unspecified atom stereocenters. The number of furan rings is 1. The van der Waals surface area contributed by atoms with Crippen molar-refractivity contribution < 1.29 is 18.7 Å². The smallest absolute Gasteiger partial charge is 0.287 e. The second kappa shape index (κ2) is 10.9. The first-order valence-corrected chi connectivity index (χ1v) is 11.6. The summed E-state index contributed by atoms with van der Waals surface area (Å²) in [5.41, 5.74) is 3.41. The third-order valence-electron chi connectivity index (χ3n) is 5.96. The number of carbonyl (C=O) groups excluding carboxylic acids is 2. The van der Waals surface area contributed by atoms with Crippen LogP contribution in [-0.4, -0.2) is 49.4 Å². The highest BCUT2D eigenvalue weighted by Crippen LogP contribution is 2.21. The number of amides is 2. The number of anilines is 1. The van der Waals surface area contributed by atoms with Gasteiger partial charge in [-0.25, -0.2) is 0 Å². The molecule has 1 aliphatic heterocycles. The van der Waals surface area contributed by atoms with Gasteiger partial charge in [0.15, 0.2) is 5.76 Å². The summed E-state index contributed by atoms with van der Waals surface area (Å²) >= 11 is 0. The van der Waals surface area contributed by atoms with Crippen LogP contribution in [0.4, 0.5) is 5.69 Å². The number of nitrogens with zero attached hydrogens (tertiary/aromatic N) is 2. The molecule has 178 valence electrons. The minimum atomic E-state index is -0.334. The molecule has 1 N–H and O–H groups in total. The molecule has 2 aromatic carbocycles. The number of hydrogen-bond donors (Lipinski definition) is 1. The van der Waals surface area contributed by atoms with E-state index in [-0.39, 0.29) is 37.1 Å². The van der Waals surface area contributed by atoms with Gasteiger partial charge < -0.3 is 24.3 Å². The van der Waals surface area contributed by atoms with E-state index in [1.807, 2.05) is 49.1 Å². The number of aryl methyl sites for hydroxylation is 2. The molecule has 0 radical (unpaired) electrons. The summed E-state index contributed by atoms with van der Waals surface area (Å²) in [6.07, 6.45) is 0.264. The van der Waals surface area contributed by atoms with Crippen molar-refractivity contribution >= 4 is 17.5 Å². The Labute approximate surface area is 200 Å². The summed E-state index contributed by atoms with van der Waals surface area (Å²) in [6, 6.07) is 19.6. The van der Waals surface area contributed by atoms with E-state index in [1.165, 1.54) is 11.3 Å². The zero-order valence-corrected chi connectivity index (χ0v) is 19.8. The van der Waals surface area contributed by atoms with Crippen molar-refractivity contribution in [1.29, 1.82) is 0 Å². The van der Waals surface area contributed by atoms with Crippen LogP contribution < -0.4 is 15.0 Å². The maximum absolute atomic E-state index is 12.5. The molecular formula is C27H31N3O4. The molecule has 3 aromatic rings. The molecule has 34 heavy (non-hydrogen) atoms. The van der Waals surface area contributed by atoms with Gasteiger partial charge in [-0.15, -0.1) is 0 Å². The van der Waals surface area contributed by atoms with Gasteiger partial charge in [-0.1, -0.05) is 35.9 Å². The van der Waals surface area contributed by atoms with E-state index in [9.17, 15) is 9.59 Å². The molecule has 1 aromatic heterocycles. The Morgan fingerprint density at radius 2 is 1.74 bits per heavy atom. The Morgan fingerprint density at radius 3 is 2.47 bits per heavy atom. The maximum atomic E-state index is 12.5. The fourth-order valence-corrected chi connectivity index (χ4v) is 4.07. The molecule has 7 heteroatoms. The molecule has 1 fully saturated rings. The predicted octanol–water partition coefficient (Wildman–Crippen LogP) is 3.94. The molecule has 0 bridgehead atoms. The standard InChI is InChI=1S/C27H31N3O4/c1-20-8-10-24(21(2)18-20)33-19-23-9-11-25(34-23)27(32)28-13-12-26(31)30-16-14-29(15-17-30)22-6-4-3-5-7-22/h3-11,18H,12-17,19H2,1-2H3,(H,28,32). The van der Waals surface area contributed by atoms with Gasteiger partial charge in [0.2, 0.25) is 5.91 Å². The Hall–Kier alpha value is -3.74. The van der Waals surface area contributed by atoms with E-state index in [4.69, 9.17) is 9.15 Å². The first-order chi connectivity index (χ1) is 16.5. The highest BCUT2D eigenvalue weighted by molar-refractivity contribution is 5.91. The monoisotopic (exact) mass is 461 g/mol. The topological polar surface area (TPSA) is 75.0 Å². The fraction of sp³-hybridized carbons (Fsp3) is 0.333. The summed E-state index contributed by atoms with van der Waals surface area (Å²) in [7, 11) is 0. The van der Waals surface area contributed by atoms with E-state index in [0.717, 1.165) is 24.4 Å². The molecule has 2 amide bonds. The average Bonchev–Trinajstić information content (AvgIpc) is 3.33. The van der Waals surface area contributed by atoms with Gasteiger partial charge in [0, 0.05) is 44.8 Å². The van der Waals surface area contributed by atoms with E-state index in [0.29, 0.717) is 18.8 Å². The first-order valence-electron chi connectivity index (χ1n) is 11.6. The lowest BCUT2D eigenvalue weighted by molar-refractivity contribution is -0.131. The number of carbonyl (C=O) groups is 2. The van der Waals surface area contributed by atoms with Gasteiger partial charge in [-0.05, 0) is 49.7 Å². The SMILES string of the molecule is Cc1ccc(OCc2ccc(C(=O)NCCC(=O)N3CCN(c4ccccc4)CC3)o2)c(C)c1. The van der Waals surface area contributed by atoms with Crippen LogP contribution in [0.2, 0.25) is 0 Å². The van der Waals surface area contributed by atoms with Crippen LogP contribution in [0.3, 0.4) is 0 Å². The highest BCUT2D eigenvalue weighted by Gasteiger charge is 2.21. The van der Waals surface area contributed by atoms with Crippen molar-refractivity contribution in [3.8, 4) is 5.75 Å². The summed E-state index contributed by atoms with van der Waals surface area (Å²) in [5.74, 6) is 1.28. The van der Waals surface area contributed by atoms with Crippen molar-refractivity contribution in [2.75, 3.05) is 37.6 Å². The lowest BCUT2D eigenvalue weighted by Gasteiger charge is -2.36. The van der Waals surface area contributed by atoms with Gasteiger partial charge in [-0.2, -0.15) is 0 Å². The first kappa shape index (κ1) is 23.4. The third-order valence-corrected chi connectivity index (χ3v) is 5.96. The lowest BCUT2D eigenvalue weighted by Crippen LogP contribution is -2.49. The quantitative estimate of drug-likeness (QED) is 0.550. The molecule has 0 aliphatic carbocycles. The largest absolute Gasteiger partial charge is 0.485 e. The number of hydrogen-bond acceptors (Lipinski definition) is 5. The fourth-order valence-electron chi connectivity index (χ4n) is 4.07. The predicted molar refractivity (Wildman–Crippen MR) is 131 cm³/mol. The zero-order chi connectivity index (χ0) is 23.9. The van der Waals surface area contributed by atoms with Crippen LogP contribution in [0.25, 0.3) is 0 Å². The number of ether oxygens (including phenoxy) is 1.